The molecule has 0 saturated carbocycles. The quantitative estimate of drug-likeness (QED) is 0.785. The highest BCUT2D eigenvalue weighted by atomic mass is 15.1. The number of rotatable bonds is 7. The smallest absolute Gasteiger partial charge is 0.0416 e. The van der Waals surface area contributed by atoms with E-state index in [9.17, 15) is 0 Å². The van der Waals surface area contributed by atoms with Crippen LogP contribution in [0.3, 0.4) is 0 Å². The predicted molar refractivity (Wildman–Crippen MR) is 72.9 cm³/mol. The van der Waals surface area contributed by atoms with Crippen LogP contribution in [0.2, 0.25) is 0 Å². The Hall–Kier alpha value is -0.930. The van der Waals surface area contributed by atoms with Crippen molar-refractivity contribution < 1.29 is 0 Å². The monoisotopic (exact) mass is 235 g/mol. The second-order valence-electron chi connectivity index (χ2n) is 5.07. The van der Waals surface area contributed by atoms with Crippen molar-refractivity contribution in [1.82, 2.24) is 9.88 Å². The van der Waals surface area contributed by atoms with Crippen LogP contribution in [0.1, 0.15) is 26.0 Å². The first-order valence-corrected chi connectivity index (χ1v) is 6.43. The largest absolute Gasteiger partial charge is 0.327 e. The number of nitrogens with zero attached hydrogens (tertiary/aromatic N) is 2. The molecule has 0 bridgehead atoms. The number of hydrogen-bond acceptors (Lipinski definition) is 3. The molecule has 3 heteroatoms. The third kappa shape index (κ3) is 5.80. The minimum atomic E-state index is 0.312. The Balaban J connectivity index is 2.19. The molecular formula is C14H25N3. The van der Waals surface area contributed by atoms with E-state index in [0.717, 1.165) is 31.6 Å². The van der Waals surface area contributed by atoms with E-state index in [2.05, 4.69) is 36.8 Å². The Kier molecular flexibility index (Phi) is 6.16. The van der Waals surface area contributed by atoms with Crippen molar-refractivity contribution in [1.29, 1.82) is 0 Å². The molecule has 0 amide bonds. The molecule has 0 aliphatic rings. The molecule has 1 atom stereocenters. The fraction of sp³-hybridized carbons (Fsp3) is 0.643. The highest BCUT2D eigenvalue weighted by molar-refractivity contribution is 5.03. The van der Waals surface area contributed by atoms with Crippen LogP contribution in [0.5, 0.6) is 0 Å². The summed E-state index contributed by atoms with van der Waals surface area (Å²) in [7, 11) is 2.15. The molecule has 1 aromatic rings. The van der Waals surface area contributed by atoms with Crippen LogP contribution < -0.4 is 5.73 Å². The van der Waals surface area contributed by atoms with Crippen molar-refractivity contribution in [3.05, 3.63) is 30.1 Å². The predicted octanol–water partition coefficient (Wildman–Crippen LogP) is 1.93. The summed E-state index contributed by atoms with van der Waals surface area (Å²) >= 11 is 0. The average Bonchev–Trinajstić information content (AvgIpc) is 2.34. The second-order valence-corrected chi connectivity index (χ2v) is 5.07. The third-order valence-corrected chi connectivity index (χ3v) is 3.18. The molecule has 1 heterocycles. The van der Waals surface area contributed by atoms with Crippen LogP contribution in [-0.2, 0) is 6.42 Å². The topological polar surface area (TPSA) is 42.1 Å². The molecule has 96 valence electrons. The first-order valence-electron chi connectivity index (χ1n) is 6.43. The first-order chi connectivity index (χ1) is 8.09. The summed E-state index contributed by atoms with van der Waals surface area (Å²) in [5.74, 6) is 0.569. The first kappa shape index (κ1) is 14.1. The number of hydrogen-bond donors (Lipinski definition) is 1. The molecule has 0 aliphatic heterocycles. The lowest BCUT2D eigenvalue weighted by Crippen LogP contribution is -2.32. The number of aromatic nitrogens is 1. The van der Waals surface area contributed by atoms with Gasteiger partial charge in [-0.2, -0.15) is 0 Å². The van der Waals surface area contributed by atoms with Gasteiger partial charge in [0.05, 0.1) is 0 Å². The standard InChI is InChI=1S/C14H25N3/c1-12(2)14(15)8-11-17(3)10-7-13-6-4-5-9-16-13/h4-6,9,12,14H,7-8,10-11,15H2,1-3H3/t14-/m1/s1. The van der Waals surface area contributed by atoms with E-state index in [1.807, 2.05) is 18.3 Å². The molecule has 0 radical (unpaired) electrons. The Labute approximate surface area is 105 Å². The molecule has 2 N–H and O–H groups in total. The van der Waals surface area contributed by atoms with Crippen molar-refractivity contribution in [2.24, 2.45) is 11.7 Å². The minimum absolute atomic E-state index is 0.312. The van der Waals surface area contributed by atoms with Crippen LogP contribution in [-0.4, -0.2) is 36.1 Å². The normalized spacial score (nSPS) is 13.3. The summed E-state index contributed by atoms with van der Waals surface area (Å²) in [5, 5.41) is 0. The molecule has 3 nitrogen and oxygen atoms in total. The maximum absolute atomic E-state index is 6.03. The lowest BCUT2D eigenvalue weighted by Gasteiger charge is -2.21. The fourth-order valence-corrected chi connectivity index (χ4v) is 1.67. The van der Waals surface area contributed by atoms with E-state index in [4.69, 9.17) is 5.73 Å². The zero-order valence-electron chi connectivity index (χ0n) is 11.3. The summed E-state index contributed by atoms with van der Waals surface area (Å²) in [5.41, 5.74) is 7.19. The van der Waals surface area contributed by atoms with E-state index in [1.165, 1.54) is 0 Å². The average molecular weight is 235 g/mol. The maximum Gasteiger partial charge on any atom is 0.0416 e. The molecule has 0 fully saturated rings. The van der Waals surface area contributed by atoms with Gasteiger partial charge in [0.15, 0.2) is 0 Å². The Morgan fingerprint density at radius 1 is 1.29 bits per heavy atom. The van der Waals surface area contributed by atoms with Gasteiger partial charge in [0.25, 0.3) is 0 Å². The van der Waals surface area contributed by atoms with Crippen LogP contribution in [0.15, 0.2) is 24.4 Å². The Morgan fingerprint density at radius 2 is 2.06 bits per heavy atom. The minimum Gasteiger partial charge on any atom is -0.327 e. The van der Waals surface area contributed by atoms with Crippen molar-refractivity contribution >= 4 is 0 Å². The molecular weight excluding hydrogens is 210 g/mol. The van der Waals surface area contributed by atoms with Gasteiger partial charge in [0.1, 0.15) is 0 Å². The summed E-state index contributed by atoms with van der Waals surface area (Å²) in [6.45, 7) is 6.46. The molecule has 1 rings (SSSR count). The number of likely N-dealkylation sites (N-methyl/N-ethyl adjacent to an activating group) is 1. The Morgan fingerprint density at radius 3 is 2.65 bits per heavy atom. The highest BCUT2D eigenvalue weighted by Crippen LogP contribution is 2.04. The maximum atomic E-state index is 6.03. The zero-order chi connectivity index (χ0) is 12.7. The molecule has 0 aliphatic carbocycles. The van der Waals surface area contributed by atoms with E-state index in [-0.39, 0.29) is 0 Å². The van der Waals surface area contributed by atoms with Crippen LogP contribution in [0.4, 0.5) is 0 Å². The van der Waals surface area contributed by atoms with Crippen LogP contribution in [0.25, 0.3) is 0 Å². The van der Waals surface area contributed by atoms with Gasteiger partial charge in [-0.15, -0.1) is 0 Å². The van der Waals surface area contributed by atoms with Gasteiger partial charge in [-0.3, -0.25) is 4.98 Å². The lowest BCUT2D eigenvalue weighted by molar-refractivity contribution is 0.305. The molecule has 17 heavy (non-hydrogen) atoms. The van der Waals surface area contributed by atoms with Gasteiger partial charge >= 0.3 is 0 Å². The molecule has 0 unspecified atom stereocenters. The number of nitrogens with two attached hydrogens (primary N) is 1. The van der Waals surface area contributed by atoms with Crippen molar-refractivity contribution in [3.63, 3.8) is 0 Å². The van der Waals surface area contributed by atoms with Crippen molar-refractivity contribution in [3.8, 4) is 0 Å². The molecule has 0 spiro atoms. The number of pyridine rings is 1. The second kappa shape index (κ2) is 7.41. The molecule has 1 aromatic heterocycles. The highest BCUT2D eigenvalue weighted by Gasteiger charge is 2.08. The van der Waals surface area contributed by atoms with Crippen molar-refractivity contribution in [2.75, 3.05) is 20.1 Å². The van der Waals surface area contributed by atoms with Gasteiger partial charge in [0, 0.05) is 30.9 Å². The fourth-order valence-electron chi connectivity index (χ4n) is 1.67. The summed E-state index contributed by atoms with van der Waals surface area (Å²) in [4.78, 5) is 6.65. The van der Waals surface area contributed by atoms with E-state index >= 15 is 0 Å². The van der Waals surface area contributed by atoms with Gasteiger partial charge in [0.2, 0.25) is 0 Å². The SMILES string of the molecule is CC(C)[C@H](N)CCN(C)CCc1ccccn1. The lowest BCUT2D eigenvalue weighted by atomic mass is 10.0. The zero-order valence-corrected chi connectivity index (χ0v) is 11.3. The van der Waals surface area contributed by atoms with Gasteiger partial charge in [-0.1, -0.05) is 19.9 Å². The van der Waals surface area contributed by atoms with E-state index in [0.29, 0.717) is 12.0 Å². The Bertz CT molecular complexity index is 298. The summed E-state index contributed by atoms with van der Waals surface area (Å²) < 4.78 is 0. The summed E-state index contributed by atoms with van der Waals surface area (Å²) in [6, 6.07) is 6.38. The van der Waals surface area contributed by atoms with Crippen LogP contribution >= 0.6 is 0 Å². The van der Waals surface area contributed by atoms with Crippen LogP contribution in [0, 0.1) is 5.92 Å². The molecule has 0 saturated heterocycles. The molecule has 0 aromatic carbocycles. The van der Waals surface area contributed by atoms with Gasteiger partial charge < -0.3 is 10.6 Å². The van der Waals surface area contributed by atoms with E-state index < -0.39 is 0 Å². The third-order valence-electron chi connectivity index (χ3n) is 3.18. The van der Waals surface area contributed by atoms with E-state index in [1.54, 1.807) is 0 Å². The summed E-state index contributed by atoms with van der Waals surface area (Å²) in [6.07, 6.45) is 3.93. The van der Waals surface area contributed by atoms with Gasteiger partial charge in [-0.05, 0) is 38.1 Å². The van der Waals surface area contributed by atoms with Crippen molar-refractivity contribution in [2.45, 2.75) is 32.7 Å². The van der Waals surface area contributed by atoms with Gasteiger partial charge in [-0.25, -0.2) is 0 Å².